The monoisotopic (exact) mass is 312 g/mol. The molecule has 82 valence electrons. The van der Waals surface area contributed by atoms with E-state index >= 15 is 0 Å². The Morgan fingerprint density at radius 3 is 2.53 bits per heavy atom. The van der Waals surface area contributed by atoms with Gasteiger partial charge in [0.1, 0.15) is 0 Å². The maximum absolute atomic E-state index is 11.2. The van der Waals surface area contributed by atoms with Gasteiger partial charge in [-0.3, -0.25) is 0 Å². The third-order valence-electron chi connectivity index (χ3n) is 1.61. The van der Waals surface area contributed by atoms with Crippen LogP contribution in [-0.2, 0) is 13.8 Å². The van der Waals surface area contributed by atoms with Crippen LogP contribution in [0.3, 0.4) is 0 Å². The summed E-state index contributed by atoms with van der Waals surface area (Å²) >= 11 is 3.08. The maximum atomic E-state index is 11.2. The molecule has 0 aliphatic carbocycles. The second-order valence-electron chi connectivity index (χ2n) is 2.57. The molecule has 0 amide bonds. The van der Waals surface area contributed by atoms with Crippen LogP contribution in [0, 0.1) is 0 Å². The first-order chi connectivity index (χ1) is 6.86. The van der Waals surface area contributed by atoms with Gasteiger partial charge in [-0.2, -0.15) is 0 Å². The minimum atomic E-state index is -3.97. The highest BCUT2D eigenvalue weighted by Crippen LogP contribution is 2.24. The highest BCUT2D eigenvalue weighted by Gasteiger charge is 2.21. The van der Waals surface area contributed by atoms with Gasteiger partial charge in [-0.25, -0.2) is 13.2 Å². The topological polar surface area (TPSA) is 60.4 Å². The fourth-order valence-electron chi connectivity index (χ4n) is 0.976. The van der Waals surface area contributed by atoms with E-state index in [4.69, 9.17) is 10.7 Å². The highest BCUT2D eigenvalue weighted by atomic mass is 79.9. The molecule has 0 spiro atoms. The summed E-state index contributed by atoms with van der Waals surface area (Å²) in [6.45, 7) is 0. The van der Waals surface area contributed by atoms with Crippen molar-refractivity contribution < 1.29 is 17.9 Å². The molecule has 0 N–H and O–H groups in total. The number of benzene rings is 1. The summed E-state index contributed by atoms with van der Waals surface area (Å²) in [7, 11) is 2.37. The third-order valence-corrected chi connectivity index (χ3v) is 3.47. The zero-order valence-corrected chi connectivity index (χ0v) is 10.7. The average Bonchev–Trinajstić information content (AvgIpc) is 2.15. The molecule has 0 aromatic heterocycles. The molecular formula is C8H6BrClO4S. The van der Waals surface area contributed by atoms with Crippen LogP contribution < -0.4 is 0 Å². The van der Waals surface area contributed by atoms with Crippen molar-refractivity contribution in [3.8, 4) is 0 Å². The Kier molecular flexibility index (Phi) is 3.75. The van der Waals surface area contributed by atoms with Crippen LogP contribution in [0.15, 0.2) is 27.6 Å². The first-order valence-corrected chi connectivity index (χ1v) is 6.79. The van der Waals surface area contributed by atoms with Gasteiger partial charge in [-0.15, -0.1) is 0 Å². The zero-order valence-electron chi connectivity index (χ0n) is 7.53. The van der Waals surface area contributed by atoms with Crippen molar-refractivity contribution in [2.45, 2.75) is 4.90 Å². The van der Waals surface area contributed by atoms with Gasteiger partial charge in [-0.05, 0) is 18.2 Å². The molecule has 1 aromatic rings. The van der Waals surface area contributed by atoms with Gasteiger partial charge in [0.15, 0.2) is 0 Å². The van der Waals surface area contributed by atoms with E-state index in [0.29, 0.717) is 4.47 Å². The largest absolute Gasteiger partial charge is 0.465 e. The summed E-state index contributed by atoms with van der Waals surface area (Å²) in [5.41, 5.74) is -0.0873. The number of carbonyl (C=O) groups excluding carboxylic acids is 1. The lowest BCUT2D eigenvalue weighted by atomic mass is 10.2. The number of carbonyl (C=O) groups is 1. The van der Waals surface area contributed by atoms with Gasteiger partial charge in [0.2, 0.25) is 0 Å². The third kappa shape index (κ3) is 2.93. The smallest absolute Gasteiger partial charge is 0.339 e. The van der Waals surface area contributed by atoms with Gasteiger partial charge in [0.05, 0.1) is 17.6 Å². The van der Waals surface area contributed by atoms with E-state index in [2.05, 4.69) is 20.7 Å². The average molecular weight is 314 g/mol. The number of hydrogen-bond acceptors (Lipinski definition) is 4. The molecule has 0 fully saturated rings. The normalized spacial score (nSPS) is 11.1. The molecule has 0 aliphatic rings. The molecule has 0 atom stereocenters. The number of halogens is 2. The molecule has 4 nitrogen and oxygen atoms in total. The van der Waals surface area contributed by atoms with Gasteiger partial charge in [0.25, 0.3) is 9.05 Å². The minimum absolute atomic E-state index is 0.0873. The second kappa shape index (κ2) is 4.51. The lowest BCUT2D eigenvalue weighted by Crippen LogP contribution is -2.07. The Balaban J connectivity index is 3.47. The Morgan fingerprint density at radius 2 is 2.07 bits per heavy atom. The Bertz CT molecular complexity index is 497. The van der Waals surface area contributed by atoms with Crippen LogP contribution in [-0.4, -0.2) is 21.5 Å². The van der Waals surface area contributed by atoms with E-state index in [9.17, 15) is 13.2 Å². The minimum Gasteiger partial charge on any atom is -0.465 e. The van der Waals surface area contributed by atoms with Crippen LogP contribution in [0.1, 0.15) is 10.4 Å². The molecule has 7 heteroatoms. The molecular weight excluding hydrogens is 308 g/mol. The predicted octanol–water partition coefficient (Wildman–Crippen LogP) is 2.16. The molecule has 15 heavy (non-hydrogen) atoms. The van der Waals surface area contributed by atoms with Crippen LogP contribution >= 0.6 is 26.6 Å². The lowest BCUT2D eigenvalue weighted by molar-refractivity contribution is 0.0596. The molecule has 0 heterocycles. The molecule has 1 aromatic carbocycles. The Morgan fingerprint density at radius 1 is 1.47 bits per heavy atom. The number of rotatable bonds is 2. The van der Waals surface area contributed by atoms with Crippen molar-refractivity contribution in [2.24, 2.45) is 0 Å². The van der Waals surface area contributed by atoms with Gasteiger partial charge in [-0.1, -0.05) is 15.9 Å². The van der Waals surface area contributed by atoms with Crippen LogP contribution in [0.25, 0.3) is 0 Å². The zero-order chi connectivity index (χ0) is 11.6. The van der Waals surface area contributed by atoms with E-state index in [-0.39, 0.29) is 10.5 Å². The predicted molar refractivity (Wildman–Crippen MR) is 58.5 cm³/mol. The van der Waals surface area contributed by atoms with Gasteiger partial charge < -0.3 is 4.74 Å². The first-order valence-electron chi connectivity index (χ1n) is 3.69. The Labute approximate surface area is 99.7 Å². The molecule has 0 saturated heterocycles. The molecule has 0 saturated carbocycles. The van der Waals surface area contributed by atoms with Crippen molar-refractivity contribution in [3.05, 3.63) is 28.2 Å². The van der Waals surface area contributed by atoms with Crippen molar-refractivity contribution >= 4 is 41.6 Å². The maximum Gasteiger partial charge on any atom is 0.339 e. The Hall–Kier alpha value is -0.590. The number of ether oxygens (including phenoxy) is 1. The van der Waals surface area contributed by atoms with Crippen molar-refractivity contribution in [2.75, 3.05) is 7.11 Å². The molecule has 0 radical (unpaired) electrons. The van der Waals surface area contributed by atoms with Gasteiger partial charge in [0, 0.05) is 15.2 Å². The van der Waals surface area contributed by atoms with Crippen molar-refractivity contribution in [1.29, 1.82) is 0 Å². The van der Waals surface area contributed by atoms with Crippen LogP contribution in [0.2, 0.25) is 0 Å². The summed E-state index contributed by atoms with van der Waals surface area (Å²) in [5, 5.41) is 0. The van der Waals surface area contributed by atoms with Crippen LogP contribution in [0.5, 0.6) is 0 Å². The van der Waals surface area contributed by atoms with Crippen molar-refractivity contribution in [3.63, 3.8) is 0 Å². The molecule has 0 unspecified atom stereocenters. The molecule has 1 rings (SSSR count). The summed E-state index contributed by atoms with van der Waals surface area (Å²) in [4.78, 5) is 11.0. The lowest BCUT2D eigenvalue weighted by Gasteiger charge is -2.04. The summed E-state index contributed by atoms with van der Waals surface area (Å²) in [6.07, 6.45) is 0. The summed E-state index contributed by atoms with van der Waals surface area (Å²) < 4.78 is 27.3. The quantitative estimate of drug-likeness (QED) is 0.620. The fourth-order valence-corrected chi connectivity index (χ4v) is 2.55. The molecule has 0 bridgehead atoms. The second-order valence-corrected chi connectivity index (χ2v) is 6.02. The van der Waals surface area contributed by atoms with Crippen molar-refractivity contribution in [1.82, 2.24) is 0 Å². The van der Waals surface area contributed by atoms with E-state index < -0.39 is 15.0 Å². The number of esters is 1. The number of hydrogen-bond donors (Lipinski definition) is 0. The van der Waals surface area contributed by atoms with E-state index in [1.165, 1.54) is 18.2 Å². The first kappa shape index (κ1) is 12.5. The van der Waals surface area contributed by atoms with E-state index in [1.54, 1.807) is 0 Å². The number of methoxy groups -OCH3 is 1. The fraction of sp³-hybridized carbons (Fsp3) is 0.125. The standard InChI is InChI=1S/C8H6BrClO4S/c1-14-8(11)6-3-2-5(9)4-7(6)15(10,12)13/h2-4H,1H3. The summed E-state index contributed by atoms with van der Waals surface area (Å²) in [5.74, 6) is -0.748. The summed E-state index contributed by atoms with van der Waals surface area (Å²) in [6, 6.07) is 4.09. The highest BCUT2D eigenvalue weighted by molar-refractivity contribution is 9.10. The van der Waals surface area contributed by atoms with E-state index in [1.807, 2.05) is 0 Å². The van der Waals surface area contributed by atoms with E-state index in [0.717, 1.165) is 7.11 Å². The van der Waals surface area contributed by atoms with Gasteiger partial charge >= 0.3 is 5.97 Å². The SMILES string of the molecule is COC(=O)c1ccc(Br)cc1S(=O)(=O)Cl. The van der Waals surface area contributed by atoms with Crippen LogP contribution in [0.4, 0.5) is 0 Å². The molecule has 0 aliphatic heterocycles.